The molecule has 1 heterocycles. The van der Waals surface area contributed by atoms with Crippen molar-refractivity contribution in [2.75, 3.05) is 0 Å². The number of aromatic nitrogens is 2. The van der Waals surface area contributed by atoms with E-state index < -0.39 is 0 Å². The van der Waals surface area contributed by atoms with Crippen LogP contribution in [-0.2, 0) is 13.0 Å². The Morgan fingerprint density at radius 2 is 2.06 bits per heavy atom. The Bertz CT molecular complexity index is 320. The second-order valence-electron chi connectivity index (χ2n) is 4.49. The highest BCUT2D eigenvalue weighted by molar-refractivity contribution is 5.13. The van der Waals surface area contributed by atoms with Crippen LogP contribution in [0.1, 0.15) is 58.0 Å². The lowest BCUT2D eigenvalue weighted by Gasteiger charge is -2.15. The molecule has 0 aliphatic rings. The molecule has 3 heteroatoms. The van der Waals surface area contributed by atoms with E-state index in [0.29, 0.717) is 5.92 Å². The second kappa shape index (κ2) is 6.04. The summed E-state index contributed by atoms with van der Waals surface area (Å²) in [6.07, 6.45) is 2.49. The summed E-state index contributed by atoms with van der Waals surface area (Å²) < 4.78 is 1.92. The lowest BCUT2D eigenvalue weighted by molar-refractivity contribution is 0.136. The van der Waals surface area contributed by atoms with Crippen molar-refractivity contribution in [3.05, 3.63) is 17.5 Å². The fourth-order valence-electron chi connectivity index (χ4n) is 1.85. The number of aliphatic hydroxyl groups is 1. The zero-order valence-corrected chi connectivity index (χ0v) is 10.9. The minimum absolute atomic E-state index is 0.373. The van der Waals surface area contributed by atoms with E-state index in [0.717, 1.165) is 37.2 Å². The van der Waals surface area contributed by atoms with Crippen molar-refractivity contribution in [2.24, 2.45) is 5.92 Å². The molecule has 0 spiro atoms. The zero-order chi connectivity index (χ0) is 12.1. The third kappa shape index (κ3) is 3.08. The largest absolute Gasteiger partial charge is 0.387 e. The highest BCUT2D eigenvalue weighted by atomic mass is 16.3. The topological polar surface area (TPSA) is 38.0 Å². The smallest absolute Gasteiger partial charge is 0.0959 e. The van der Waals surface area contributed by atoms with Crippen molar-refractivity contribution < 1.29 is 5.11 Å². The van der Waals surface area contributed by atoms with Gasteiger partial charge in [0.25, 0.3) is 0 Å². The third-order valence-electron chi connectivity index (χ3n) is 3.19. The molecular weight excluding hydrogens is 200 g/mol. The molecule has 16 heavy (non-hydrogen) atoms. The number of aliphatic hydroxyl groups excluding tert-OH is 1. The summed E-state index contributed by atoms with van der Waals surface area (Å²) in [5.74, 6) is 0.556. The van der Waals surface area contributed by atoms with Gasteiger partial charge in [-0.15, -0.1) is 0 Å². The van der Waals surface area contributed by atoms with Gasteiger partial charge in [-0.05, 0) is 31.7 Å². The number of hydrogen-bond acceptors (Lipinski definition) is 2. The van der Waals surface area contributed by atoms with E-state index in [2.05, 4.69) is 32.8 Å². The van der Waals surface area contributed by atoms with Crippen molar-refractivity contribution in [3.63, 3.8) is 0 Å². The standard InChI is InChI=1S/C13H24N2O/c1-5-10(4)8-13(16)12-9-11(6-2)14-15(12)7-3/h9-10,13,16H,5-8H2,1-4H3. The van der Waals surface area contributed by atoms with E-state index in [1.54, 1.807) is 0 Å². The Kier molecular flexibility index (Phi) is 5.00. The van der Waals surface area contributed by atoms with Crippen LogP contribution in [0.3, 0.4) is 0 Å². The van der Waals surface area contributed by atoms with Gasteiger partial charge in [0.1, 0.15) is 0 Å². The number of hydrogen-bond donors (Lipinski definition) is 1. The molecule has 1 rings (SSSR count). The van der Waals surface area contributed by atoms with Crippen LogP contribution in [0.15, 0.2) is 6.07 Å². The monoisotopic (exact) mass is 224 g/mol. The van der Waals surface area contributed by atoms with Gasteiger partial charge in [0.05, 0.1) is 17.5 Å². The molecule has 0 aliphatic carbocycles. The van der Waals surface area contributed by atoms with Crippen molar-refractivity contribution in [3.8, 4) is 0 Å². The maximum atomic E-state index is 10.2. The molecule has 0 aliphatic heterocycles. The number of nitrogens with zero attached hydrogens (tertiary/aromatic N) is 2. The quantitative estimate of drug-likeness (QED) is 0.806. The first-order valence-corrected chi connectivity index (χ1v) is 6.36. The van der Waals surface area contributed by atoms with E-state index in [1.165, 1.54) is 0 Å². The molecule has 0 saturated heterocycles. The first-order chi connectivity index (χ1) is 7.62. The van der Waals surface area contributed by atoms with Crippen molar-refractivity contribution in [1.29, 1.82) is 0 Å². The Hall–Kier alpha value is -0.830. The average molecular weight is 224 g/mol. The minimum atomic E-state index is -0.373. The van der Waals surface area contributed by atoms with Crippen LogP contribution in [0.2, 0.25) is 0 Å². The molecule has 1 aromatic rings. The number of rotatable bonds is 6. The molecule has 0 radical (unpaired) electrons. The predicted molar refractivity (Wildman–Crippen MR) is 66.3 cm³/mol. The molecule has 92 valence electrons. The molecule has 0 fully saturated rings. The van der Waals surface area contributed by atoms with Crippen LogP contribution in [0.4, 0.5) is 0 Å². The Labute approximate surface area is 98.5 Å². The predicted octanol–water partition coefficient (Wildman–Crippen LogP) is 2.94. The van der Waals surface area contributed by atoms with Gasteiger partial charge in [-0.1, -0.05) is 27.2 Å². The molecule has 2 unspecified atom stereocenters. The molecule has 0 amide bonds. The van der Waals surface area contributed by atoms with Crippen molar-refractivity contribution >= 4 is 0 Å². The van der Waals surface area contributed by atoms with Crippen molar-refractivity contribution in [2.45, 2.75) is 59.6 Å². The fraction of sp³-hybridized carbons (Fsp3) is 0.769. The molecule has 0 saturated carbocycles. The van der Waals surface area contributed by atoms with E-state index in [9.17, 15) is 5.11 Å². The molecular formula is C13H24N2O. The van der Waals surface area contributed by atoms with E-state index in [1.807, 2.05) is 10.7 Å². The minimum Gasteiger partial charge on any atom is -0.387 e. The Balaban J connectivity index is 2.80. The Morgan fingerprint density at radius 1 is 1.38 bits per heavy atom. The summed E-state index contributed by atoms with van der Waals surface area (Å²) in [5.41, 5.74) is 2.04. The van der Waals surface area contributed by atoms with E-state index in [4.69, 9.17) is 0 Å². The maximum Gasteiger partial charge on any atom is 0.0959 e. The summed E-state index contributed by atoms with van der Waals surface area (Å²) >= 11 is 0. The molecule has 3 nitrogen and oxygen atoms in total. The molecule has 1 aromatic heterocycles. The third-order valence-corrected chi connectivity index (χ3v) is 3.19. The van der Waals surface area contributed by atoms with E-state index in [-0.39, 0.29) is 6.10 Å². The van der Waals surface area contributed by atoms with Gasteiger partial charge in [-0.2, -0.15) is 5.10 Å². The van der Waals surface area contributed by atoms with Crippen molar-refractivity contribution in [1.82, 2.24) is 9.78 Å². The highest BCUT2D eigenvalue weighted by Crippen LogP contribution is 2.23. The van der Waals surface area contributed by atoms with Crippen LogP contribution in [0.5, 0.6) is 0 Å². The number of aryl methyl sites for hydroxylation is 2. The highest BCUT2D eigenvalue weighted by Gasteiger charge is 2.16. The van der Waals surface area contributed by atoms with E-state index >= 15 is 0 Å². The fourth-order valence-corrected chi connectivity index (χ4v) is 1.85. The van der Waals surface area contributed by atoms with Crippen LogP contribution in [-0.4, -0.2) is 14.9 Å². The second-order valence-corrected chi connectivity index (χ2v) is 4.49. The van der Waals surface area contributed by atoms with Gasteiger partial charge >= 0.3 is 0 Å². The SMILES string of the molecule is CCc1cc(C(O)CC(C)CC)n(CC)n1. The summed E-state index contributed by atoms with van der Waals surface area (Å²) in [5, 5.41) is 14.6. The maximum absolute atomic E-state index is 10.2. The lowest BCUT2D eigenvalue weighted by atomic mass is 9.99. The van der Waals surface area contributed by atoms with Crippen LogP contribution >= 0.6 is 0 Å². The van der Waals surface area contributed by atoms with Gasteiger partial charge in [0.2, 0.25) is 0 Å². The average Bonchev–Trinajstić information content (AvgIpc) is 2.71. The van der Waals surface area contributed by atoms with Gasteiger partial charge in [-0.3, -0.25) is 4.68 Å². The normalized spacial score (nSPS) is 15.1. The molecule has 1 N–H and O–H groups in total. The summed E-state index contributed by atoms with van der Waals surface area (Å²) in [7, 11) is 0. The zero-order valence-electron chi connectivity index (χ0n) is 10.9. The van der Waals surface area contributed by atoms with Gasteiger partial charge in [-0.25, -0.2) is 0 Å². The first kappa shape index (κ1) is 13.2. The summed E-state index contributed by atoms with van der Waals surface area (Å²) in [6, 6.07) is 2.04. The molecule has 2 atom stereocenters. The van der Waals surface area contributed by atoms with Crippen LogP contribution in [0.25, 0.3) is 0 Å². The summed E-state index contributed by atoms with van der Waals surface area (Å²) in [6.45, 7) is 9.31. The first-order valence-electron chi connectivity index (χ1n) is 6.36. The Morgan fingerprint density at radius 3 is 2.56 bits per heavy atom. The van der Waals surface area contributed by atoms with Gasteiger partial charge in [0.15, 0.2) is 0 Å². The van der Waals surface area contributed by atoms with Crippen LogP contribution in [0, 0.1) is 5.92 Å². The lowest BCUT2D eigenvalue weighted by Crippen LogP contribution is -2.10. The van der Waals surface area contributed by atoms with Crippen LogP contribution < -0.4 is 0 Å². The molecule has 0 aromatic carbocycles. The van der Waals surface area contributed by atoms with Gasteiger partial charge in [0, 0.05) is 6.54 Å². The van der Waals surface area contributed by atoms with Gasteiger partial charge < -0.3 is 5.11 Å². The molecule has 0 bridgehead atoms. The summed E-state index contributed by atoms with van der Waals surface area (Å²) in [4.78, 5) is 0.